The molecule has 0 fully saturated rings. The number of amides is 1. The van der Waals surface area contributed by atoms with Crippen LogP contribution in [0.3, 0.4) is 0 Å². The summed E-state index contributed by atoms with van der Waals surface area (Å²) in [6.45, 7) is 3.39. The highest BCUT2D eigenvalue weighted by Crippen LogP contribution is 2.29. The first-order chi connectivity index (χ1) is 14.7. The third kappa shape index (κ3) is 5.66. The molecule has 0 spiro atoms. The molecule has 3 aromatic carbocycles. The summed E-state index contributed by atoms with van der Waals surface area (Å²) in [5.41, 5.74) is 3.20. The van der Waals surface area contributed by atoms with E-state index in [-0.39, 0.29) is 28.0 Å². The lowest BCUT2D eigenvalue weighted by atomic mass is 10.1. The highest BCUT2D eigenvalue weighted by Gasteiger charge is 2.29. The number of carbonyl (C=O) groups excluding carboxylic acids is 1. The van der Waals surface area contributed by atoms with Gasteiger partial charge in [-0.05, 0) is 48.7 Å². The van der Waals surface area contributed by atoms with Crippen LogP contribution >= 0.6 is 23.2 Å². The molecule has 0 atom stereocenters. The normalized spacial score (nSPS) is 11.5. The van der Waals surface area contributed by atoms with Gasteiger partial charge in [0.05, 0.1) is 11.6 Å². The maximum absolute atomic E-state index is 13.4. The fraction of sp³-hybridized carbons (Fsp3) is 0.174. The molecule has 0 saturated heterocycles. The van der Waals surface area contributed by atoms with Crippen molar-refractivity contribution >= 4 is 44.8 Å². The molecule has 0 bridgehead atoms. The molecule has 5 nitrogen and oxygen atoms in total. The summed E-state index contributed by atoms with van der Waals surface area (Å²) in [6.07, 6.45) is 0. The van der Waals surface area contributed by atoms with E-state index in [0.29, 0.717) is 5.69 Å². The zero-order valence-corrected chi connectivity index (χ0v) is 19.4. The summed E-state index contributed by atoms with van der Waals surface area (Å²) < 4.78 is 28.0. The van der Waals surface area contributed by atoms with Crippen LogP contribution in [-0.2, 0) is 21.4 Å². The first-order valence-electron chi connectivity index (χ1n) is 9.53. The van der Waals surface area contributed by atoms with Crippen LogP contribution in [0.15, 0.2) is 71.6 Å². The molecule has 0 aromatic heterocycles. The smallest absolute Gasteiger partial charge is 0.245 e. The van der Waals surface area contributed by atoms with Gasteiger partial charge in [0, 0.05) is 17.3 Å². The fourth-order valence-electron chi connectivity index (χ4n) is 3.18. The van der Waals surface area contributed by atoms with Crippen molar-refractivity contribution in [1.82, 2.24) is 4.31 Å². The Labute approximate surface area is 192 Å². The predicted octanol–water partition coefficient (Wildman–Crippen LogP) is 5.44. The molecule has 3 rings (SSSR count). The monoisotopic (exact) mass is 476 g/mol. The van der Waals surface area contributed by atoms with E-state index in [0.717, 1.165) is 21.0 Å². The van der Waals surface area contributed by atoms with Crippen LogP contribution in [0.2, 0.25) is 10.0 Å². The van der Waals surface area contributed by atoms with Gasteiger partial charge in [-0.25, -0.2) is 8.42 Å². The lowest BCUT2D eigenvalue weighted by Gasteiger charge is -2.23. The van der Waals surface area contributed by atoms with Crippen LogP contribution in [0.5, 0.6) is 0 Å². The molecule has 0 aliphatic heterocycles. The average Bonchev–Trinajstić information content (AvgIpc) is 2.73. The number of hydrogen-bond acceptors (Lipinski definition) is 3. The summed E-state index contributed by atoms with van der Waals surface area (Å²) in [5.74, 6) is -0.449. The number of rotatable bonds is 7. The minimum atomic E-state index is -4.10. The molecule has 1 N–H and O–H groups in total. The molecule has 0 unspecified atom stereocenters. The summed E-state index contributed by atoms with van der Waals surface area (Å²) in [5, 5.41) is 3.12. The first-order valence-corrected chi connectivity index (χ1v) is 11.7. The van der Waals surface area contributed by atoms with Gasteiger partial charge >= 0.3 is 0 Å². The maximum Gasteiger partial charge on any atom is 0.245 e. The van der Waals surface area contributed by atoms with Crippen LogP contribution < -0.4 is 5.32 Å². The summed E-state index contributed by atoms with van der Waals surface area (Å²) >= 11 is 12.2. The number of benzene rings is 3. The van der Waals surface area contributed by atoms with Crippen molar-refractivity contribution in [2.45, 2.75) is 25.3 Å². The summed E-state index contributed by atoms with van der Waals surface area (Å²) in [4.78, 5) is 12.7. The lowest BCUT2D eigenvalue weighted by Crippen LogP contribution is -2.38. The van der Waals surface area contributed by atoms with E-state index in [9.17, 15) is 13.2 Å². The molecule has 31 heavy (non-hydrogen) atoms. The molecular weight excluding hydrogens is 455 g/mol. The van der Waals surface area contributed by atoms with Crippen molar-refractivity contribution in [3.63, 3.8) is 0 Å². The lowest BCUT2D eigenvalue weighted by molar-refractivity contribution is -0.116. The van der Waals surface area contributed by atoms with Gasteiger partial charge in [-0.1, -0.05) is 71.7 Å². The number of anilines is 1. The quantitative estimate of drug-likeness (QED) is 0.493. The third-order valence-corrected chi connectivity index (χ3v) is 7.29. The molecule has 0 heterocycles. The second kappa shape index (κ2) is 9.83. The van der Waals surface area contributed by atoms with Crippen molar-refractivity contribution in [2.24, 2.45) is 0 Å². The average molecular weight is 477 g/mol. The SMILES string of the molecule is Cc1cccc(C)c1NC(=O)CN(Cc1ccccc1)S(=O)(=O)c1cc(Cl)ccc1Cl. The van der Waals surface area contributed by atoms with Crippen LogP contribution in [-0.4, -0.2) is 25.2 Å². The first kappa shape index (κ1) is 23.3. The molecule has 8 heteroatoms. The van der Waals surface area contributed by atoms with Crippen molar-refractivity contribution in [2.75, 3.05) is 11.9 Å². The van der Waals surface area contributed by atoms with E-state index in [4.69, 9.17) is 23.2 Å². The molecule has 0 aliphatic carbocycles. The van der Waals surface area contributed by atoms with Crippen molar-refractivity contribution in [1.29, 1.82) is 0 Å². The molecule has 1 amide bonds. The highest BCUT2D eigenvalue weighted by atomic mass is 35.5. The summed E-state index contributed by atoms with van der Waals surface area (Å²) in [6, 6.07) is 18.9. The Morgan fingerprint density at radius 1 is 0.935 bits per heavy atom. The highest BCUT2D eigenvalue weighted by molar-refractivity contribution is 7.89. The van der Waals surface area contributed by atoms with Gasteiger partial charge in [-0.15, -0.1) is 0 Å². The molecular formula is C23H22Cl2N2O3S. The second-order valence-corrected chi connectivity index (χ2v) is 9.90. The van der Waals surface area contributed by atoms with Gasteiger partial charge in [-0.3, -0.25) is 4.79 Å². The number of nitrogens with one attached hydrogen (secondary N) is 1. The Balaban J connectivity index is 1.94. The molecule has 0 aliphatic rings. The van der Waals surface area contributed by atoms with Gasteiger partial charge in [0.15, 0.2) is 0 Å². The minimum absolute atomic E-state index is 0.00614. The molecule has 162 valence electrons. The van der Waals surface area contributed by atoms with E-state index in [2.05, 4.69) is 5.32 Å². The standard InChI is InChI=1S/C23H22Cl2N2O3S/c1-16-7-6-8-17(2)23(16)26-22(28)15-27(14-18-9-4-3-5-10-18)31(29,30)21-13-19(24)11-12-20(21)25/h3-13H,14-15H2,1-2H3,(H,26,28). The minimum Gasteiger partial charge on any atom is -0.324 e. The second-order valence-electron chi connectivity index (χ2n) is 7.15. The van der Waals surface area contributed by atoms with Gasteiger partial charge in [-0.2, -0.15) is 4.31 Å². The van der Waals surface area contributed by atoms with Gasteiger partial charge < -0.3 is 5.32 Å². The Morgan fingerprint density at radius 2 is 1.58 bits per heavy atom. The Morgan fingerprint density at radius 3 is 2.23 bits per heavy atom. The summed E-state index contributed by atoms with van der Waals surface area (Å²) in [7, 11) is -4.10. The Bertz CT molecular complexity index is 1180. The van der Waals surface area contributed by atoms with Crippen molar-refractivity contribution in [3.05, 3.63) is 93.5 Å². The number of para-hydroxylation sites is 1. The number of carbonyl (C=O) groups is 1. The zero-order chi connectivity index (χ0) is 22.6. The predicted molar refractivity (Wildman–Crippen MR) is 125 cm³/mol. The fourth-order valence-corrected chi connectivity index (χ4v) is 5.30. The van der Waals surface area contributed by atoms with Crippen LogP contribution in [0.25, 0.3) is 0 Å². The Hall–Kier alpha value is -2.38. The van der Waals surface area contributed by atoms with E-state index >= 15 is 0 Å². The Kier molecular flexibility index (Phi) is 7.38. The van der Waals surface area contributed by atoms with E-state index < -0.39 is 15.9 Å². The number of hydrogen-bond donors (Lipinski definition) is 1. The number of sulfonamides is 1. The van der Waals surface area contributed by atoms with Crippen molar-refractivity contribution in [3.8, 4) is 0 Å². The van der Waals surface area contributed by atoms with Gasteiger partial charge in [0.25, 0.3) is 0 Å². The number of halogens is 2. The molecule has 0 saturated carbocycles. The maximum atomic E-state index is 13.4. The van der Waals surface area contributed by atoms with E-state index in [1.54, 1.807) is 12.1 Å². The largest absolute Gasteiger partial charge is 0.324 e. The van der Waals surface area contributed by atoms with Crippen LogP contribution in [0.4, 0.5) is 5.69 Å². The van der Waals surface area contributed by atoms with E-state index in [1.807, 2.05) is 50.2 Å². The van der Waals surface area contributed by atoms with E-state index in [1.165, 1.54) is 18.2 Å². The van der Waals surface area contributed by atoms with Crippen LogP contribution in [0.1, 0.15) is 16.7 Å². The van der Waals surface area contributed by atoms with Crippen LogP contribution in [0, 0.1) is 13.8 Å². The third-order valence-electron chi connectivity index (χ3n) is 4.78. The number of aryl methyl sites for hydroxylation is 2. The number of nitrogens with zero attached hydrogens (tertiary/aromatic N) is 1. The van der Waals surface area contributed by atoms with Gasteiger partial charge in [0.1, 0.15) is 4.90 Å². The van der Waals surface area contributed by atoms with Gasteiger partial charge in [0.2, 0.25) is 15.9 Å². The zero-order valence-electron chi connectivity index (χ0n) is 17.1. The van der Waals surface area contributed by atoms with Crippen molar-refractivity contribution < 1.29 is 13.2 Å². The molecule has 0 radical (unpaired) electrons. The molecule has 3 aromatic rings. The topological polar surface area (TPSA) is 66.5 Å².